The lowest BCUT2D eigenvalue weighted by molar-refractivity contribution is 0.115. The first-order valence-electron chi connectivity index (χ1n) is 9.53. The Balaban J connectivity index is 0.00000288. The molecule has 2 N–H and O–H groups in total. The number of aliphatic imine (C=N–C) groups is 1. The summed E-state index contributed by atoms with van der Waals surface area (Å²) in [5.74, 6) is 2.25. The van der Waals surface area contributed by atoms with Gasteiger partial charge in [0.1, 0.15) is 0 Å². The minimum Gasteiger partial charge on any atom is -0.356 e. The number of hydrogen-bond donors (Lipinski definition) is 2. The quantitative estimate of drug-likeness (QED) is 0.259. The molecule has 2 fully saturated rings. The Bertz CT molecular complexity index is 348. The van der Waals surface area contributed by atoms with E-state index < -0.39 is 0 Å². The summed E-state index contributed by atoms with van der Waals surface area (Å²) in [6, 6.07) is 1.40. The van der Waals surface area contributed by atoms with Gasteiger partial charge in [-0.25, -0.2) is 0 Å². The average molecular weight is 468 g/mol. The van der Waals surface area contributed by atoms with Gasteiger partial charge in [-0.1, -0.05) is 19.3 Å². The highest BCUT2D eigenvalue weighted by molar-refractivity contribution is 14.0. The molecule has 4 nitrogen and oxygen atoms in total. The third-order valence-electron chi connectivity index (χ3n) is 5.18. The second kappa shape index (κ2) is 13.5. The standard InChI is InChI=1S/C18H36N4S.HI/c1-19-18(20-12-6-7-14-23-2)21-16-9-8-13-22(15-16)17-10-4-3-5-11-17;/h16-17H,3-15H2,1-2H3,(H2,19,20,21);1H. The lowest BCUT2D eigenvalue weighted by atomic mass is 9.92. The zero-order chi connectivity index (χ0) is 16.3. The Hall–Kier alpha value is 0.310. The van der Waals surface area contributed by atoms with Crippen LogP contribution in [0.1, 0.15) is 57.8 Å². The predicted octanol–water partition coefficient (Wildman–Crippen LogP) is 3.71. The zero-order valence-electron chi connectivity index (χ0n) is 15.6. The first-order valence-corrected chi connectivity index (χ1v) is 10.9. The van der Waals surface area contributed by atoms with Crippen LogP contribution in [-0.2, 0) is 0 Å². The van der Waals surface area contributed by atoms with Crippen LogP contribution in [0, 0.1) is 0 Å². The molecule has 1 aliphatic carbocycles. The average Bonchev–Trinajstić information content (AvgIpc) is 2.61. The van der Waals surface area contributed by atoms with Crippen molar-refractivity contribution in [3.8, 4) is 0 Å². The van der Waals surface area contributed by atoms with Crippen LogP contribution < -0.4 is 10.6 Å². The van der Waals surface area contributed by atoms with Gasteiger partial charge in [0, 0.05) is 32.2 Å². The van der Waals surface area contributed by atoms with Crippen LogP contribution >= 0.6 is 35.7 Å². The molecule has 1 unspecified atom stereocenters. The molecular weight excluding hydrogens is 431 g/mol. The van der Waals surface area contributed by atoms with Gasteiger partial charge in [-0.3, -0.25) is 9.89 Å². The van der Waals surface area contributed by atoms with Crippen LogP contribution in [0.25, 0.3) is 0 Å². The predicted molar refractivity (Wildman–Crippen MR) is 119 cm³/mol. The number of guanidine groups is 1. The smallest absolute Gasteiger partial charge is 0.191 e. The van der Waals surface area contributed by atoms with Gasteiger partial charge < -0.3 is 10.6 Å². The number of rotatable bonds is 7. The van der Waals surface area contributed by atoms with Crippen molar-refractivity contribution in [2.45, 2.75) is 69.9 Å². The minimum atomic E-state index is 0. The van der Waals surface area contributed by atoms with Crippen LogP contribution in [0.3, 0.4) is 0 Å². The van der Waals surface area contributed by atoms with E-state index in [0.29, 0.717) is 6.04 Å². The molecule has 2 aliphatic rings. The van der Waals surface area contributed by atoms with Crippen molar-refractivity contribution in [2.75, 3.05) is 38.7 Å². The van der Waals surface area contributed by atoms with Crippen LogP contribution in [0.4, 0.5) is 0 Å². The fraction of sp³-hybridized carbons (Fsp3) is 0.944. The molecule has 2 rings (SSSR count). The van der Waals surface area contributed by atoms with Crippen LogP contribution in [0.5, 0.6) is 0 Å². The number of nitrogens with zero attached hydrogens (tertiary/aromatic N) is 2. The number of thioether (sulfide) groups is 1. The summed E-state index contributed by atoms with van der Waals surface area (Å²) in [6.45, 7) is 3.51. The van der Waals surface area contributed by atoms with Crippen molar-refractivity contribution in [3.63, 3.8) is 0 Å². The van der Waals surface area contributed by atoms with E-state index in [1.165, 1.54) is 76.6 Å². The van der Waals surface area contributed by atoms with E-state index >= 15 is 0 Å². The third kappa shape index (κ3) is 8.13. The maximum absolute atomic E-state index is 4.41. The van der Waals surface area contributed by atoms with Gasteiger partial charge in [-0.2, -0.15) is 11.8 Å². The van der Waals surface area contributed by atoms with Crippen molar-refractivity contribution in [3.05, 3.63) is 0 Å². The van der Waals surface area contributed by atoms with Gasteiger partial charge in [0.25, 0.3) is 0 Å². The van der Waals surface area contributed by atoms with E-state index in [1.54, 1.807) is 0 Å². The fourth-order valence-corrected chi connectivity index (χ4v) is 4.36. The second-order valence-electron chi connectivity index (χ2n) is 6.97. The first-order chi connectivity index (χ1) is 11.3. The van der Waals surface area contributed by atoms with Crippen molar-refractivity contribution < 1.29 is 0 Å². The number of piperidine rings is 1. The molecule has 0 bridgehead atoms. The van der Waals surface area contributed by atoms with Crippen LogP contribution in [0.2, 0.25) is 0 Å². The normalized spacial score (nSPS) is 23.6. The van der Waals surface area contributed by atoms with E-state index in [1.807, 2.05) is 18.8 Å². The Kier molecular flexibility index (Phi) is 12.6. The molecule has 1 aliphatic heterocycles. The van der Waals surface area contributed by atoms with Gasteiger partial charge in [-0.05, 0) is 57.1 Å². The number of hydrogen-bond acceptors (Lipinski definition) is 3. The highest BCUT2D eigenvalue weighted by atomic mass is 127. The van der Waals surface area contributed by atoms with Gasteiger partial charge in [-0.15, -0.1) is 24.0 Å². The number of unbranched alkanes of at least 4 members (excludes halogenated alkanes) is 1. The number of likely N-dealkylation sites (tertiary alicyclic amines) is 1. The maximum atomic E-state index is 4.41. The van der Waals surface area contributed by atoms with Crippen LogP contribution in [0.15, 0.2) is 4.99 Å². The molecule has 6 heteroatoms. The Morgan fingerprint density at radius 2 is 1.92 bits per heavy atom. The molecule has 0 aromatic carbocycles. The Morgan fingerprint density at radius 1 is 1.12 bits per heavy atom. The fourth-order valence-electron chi connectivity index (χ4n) is 3.87. The molecular formula is C18H37IN4S. The lowest BCUT2D eigenvalue weighted by Gasteiger charge is -2.40. The van der Waals surface area contributed by atoms with Crippen molar-refractivity contribution >= 4 is 41.7 Å². The van der Waals surface area contributed by atoms with Crippen molar-refractivity contribution in [1.29, 1.82) is 0 Å². The molecule has 1 saturated carbocycles. The SMILES string of the molecule is CN=C(NCCCCSC)NC1CCCN(C2CCCCC2)C1.I. The van der Waals surface area contributed by atoms with Gasteiger partial charge in [0.05, 0.1) is 0 Å². The summed E-state index contributed by atoms with van der Waals surface area (Å²) in [6.07, 6.45) is 14.4. The summed E-state index contributed by atoms with van der Waals surface area (Å²) in [5, 5.41) is 7.14. The molecule has 1 saturated heterocycles. The molecule has 0 aromatic rings. The van der Waals surface area contributed by atoms with Crippen molar-refractivity contribution in [1.82, 2.24) is 15.5 Å². The summed E-state index contributed by atoms with van der Waals surface area (Å²) in [5.41, 5.74) is 0. The van der Waals surface area contributed by atoms with Crippen LogP contribution in [-0.4, -0.2) is 61.6 Å². The molecule has 1 atom stereocenters. The van der Waals surface area contributed by atoms with E-state index in [4.69, 9.17) is 0 Å². The largest absolute Gasteiger partial charge is 0.356 e. The molecule has 0 radical (unpaired) electrons. The van der Waals surface area contributed by atoms with E-state index in [0.717, 1.165) is 18.5 Å². The molecule has 24 heavy (non-hydrogen) atoms. The highest BCUT2D eigenvalue weighted by Crippen LogP contribution is 2.25. The summed E-state index contributed by atoms with van der Waals surface area (Å²) in [4.78, 5) is 7.15. The summed E-state index contributed by atoms with van der Waals surface area (Å²) in [7, 11) is 1.89. The second-order valence-corrected chi connectivity index (χ2v) is 7.95. The lowest BCUT2D eigenvalue weighted by Crippen LogP contribution is -2.53. The highest BCUT2D eigenvalue weighted by Gasteiger charge is 2.27. The Labute approximate surface area is 170 Å². The van der Waals surface area contributed by atoms with E-state index in [9.17, 15) is 0 Å². The van der Waals surface area contributed by atoms with Gasteiger partial charge >= 0.3 is 0 Å². The maximum Gasteiger partial charge on any atom is 0.191 e. The number of halogens is 1. The molecule has 0 amide bonds. The third-order valence-corrected chi connectivity index (χ3v) is 5.87. The molecule has 1 heterocycles. The van der Waals surface area contributed by atoms with Crippen molar-refractivity contribution in [2.24, 2.45) is 4.99 Å². The van der Waals surface area contributed by atoms with Gasteiger partial charge in [0.2, 0.25) is 0 Å². The van der Waals surface area contributed by atoms with E-state index in [2.05, 4.69) is 26.8 Å². The molecule has 142 valence electrons. The molecule has 0 spiro atoms. The van der Waals surface area contributed by atoms with E-state index in [-0.39, 0.29) is 24.0 Å². The molecule has 0 aromatic heterocycles. The Morgan fingerprint density at radius 3 is 2.62 bits per heavy atom. The van der Waals surface area contributed by atoms with Gasteiger partial charge in [0.15, 0.2) is 5.96 Å². The number of nitrogens with one attached hydrogen (secondary N) is 2. The topological polar surface area (TPSA) is 39.7 Å². The summed E-state index contributed by atoms with van der Waals surface area (Å²) >= 11 is 1.93. The summed E-state index contributed by atoms with van der Waals surface area (Å²) < 4.78 is 0. The zero-order valence-corrected chi connectivity index (χ0v) is 18.7. The first kappa shape index (κ1) is 22.4. The monoisotopic (exact) mass is 468 g/mol. The minimum absolute atomic E-state index is 0.